The third-order valence-electron chi connectivity index (χ3n) is 5.23. The van der Waals surface area contributed by atoms with Crippen molar-refractivity contribution in [2.24, 2.45) is 11.3 Å². The fourth-order valence-corrected chi connectivity index (χ4v) is 4.55. The fourth-order valence-electron chi connectivity index (χ4n) is 3.57. The summed E-state index contributed by atoms with van der Waals surface area (Å²) in [7, 11) is 0. The first-order chi connectivity index (χ1) is 12.8. The van der Waals surface area contributed by atoms with Crippen molar-refractivity contribution < 1.29 is 9.59 Å². The zero-order chi connectivity index (χ0) is 20.1. The van der Waals surface area contributed by atoms with Crippen molar-refractivity contribution in [2.45, 2.75) is 57.9 Å². The largest absolute Gasteiger partial charge is 0.337 e. The van der Waals surface area contributed by atoms with Gasteiger partial charge in [-0.25, -0.2) is 0 Å². The number of hydrogen-bond acceptors (Lipinski definition) is 6. The SMILES string of the molecule is CC1(C)C(C#N)=C(SCC(=O)NC2(C#N)CCCCCC2)NC(=O)C1C#N. The Balaban J connectivity index is 2.10. The summed E-state index contributed by atoms with van der Waals surface area (Å²) in [6.45, 7) is 3.35. The van der Waals surface area contributed by atoms with Gasteiger partial charge in [0.25, 0.3) is 0 Å². The molecular weight excluding hydrogens is 362 g/mol. The van der Waals surface area contributed by atoms with Gasteiger partial charge >= 0.3 is 0 Å². The van der Waals surface area contributed by atoms with Crippen molar-refractivity contribution >= 4 is 23.6 Å². The van der Waals surface area contributed by atoms with Crippen LogP contribution < -0.4 is 10.6 Å². The van der Waals surface area contributed by atoms with Gasteiger partial charge in [0.1, 0.15) is 11.5 Å². The highest BCUT2D eigenvalue weighted by atomic mass is 32.2. The van der Waals surface area contributed by atoms with Gasteiger partial charge in [-0.05, 0) is 12.8 Å². The van der Waals surface area contributed by atoms with Gasteiger partial charge < -0.3 is 10.6 Å². The maximum absolute atomic E-state index is 12.4. The van der Waals surface area contributed by atoms with E-state index in [0.717, 1.165) is 37.4 Å². The normalized spacial score (nSPS) is 23.8. The number of nitrogens with one attached hydrogen (secondary N) is 2. The molecule has 0 saturated heterocycles. The van der Waals surface area contributed by atoms with Crippen LogP contribution in [0.5, 0.6) is 0 Å². The van der Waals surface area contributed by atoms with E-state index in [0.29, 0.717) is 17.9 Å². The maximum atomic E-state index is 12.4. The van der Waals surface area contributed by atoms with E-state index in [2.05, 4.69) is 22.8 Å². The van der Waals surface area contributed by atoms with Crippen LogP contribution in [0.15, 0.2) is 10.6 Å². The number of carbonyl (C=O) groups is 2. The molecule has 0 aromatic heterocycles. The summed E-state index contributed by atoms with van der Waals surface area (Å²) < 4.78 is 0. The predicted octanol–water partition coefficient (Wildman–Crippen LogP) is 2.48. The summed E-state index contributed by atoms with van der Waals surface area (Å²) in [6, 6.07) is 6.28. The molecule has 1 heterocycles. The Hall–Kier alpha value is -2.50. The van der Waals surface area contributed by atoms with Crippen LogP contribution in [0.3, 0.4) is 0 Å². The van der Waals surface area contributed by atoms with Gasteiger partial charge in [-0.1, -0.05) is 51.3 Å². The van der Waals surface area contributed by atoms with Crippen LogP contribution in [-0.4, -0.2) is 23.1 Å². The number of nitriles is 3. The van der Waals surface area contributed by atoms with Crippen LogP contribution in [0.25, 0.3) is 0 Å². The molecule has 0 aromatic rings. The van der Waals surface area contributed by atoms with Crippen molar-refractivity contribution in [3.05, 3.63) is 10.6 Å². The lowest BCUT2D eigenvalue weighted by Crippen LogP contribution is -2.48. The van der Waals surface area contributed by atoms with E-state index < -0.39 is 22.8 Å². The maximum Gasteiger partial charge on any atom is 0.243 e. The first kappa shape index (κ1) is 20.8. The summed E-state index contributed by atoms with van der Waals surface area (Å²) >= 11 is 1.05. The molecule has 1 aliphatic carbocycles. The fraction of sp³-hybridized carbons (Fsp3) is 0.632. The molecule has 27 heavy (non-hydrogen) atoms. The van der Waals surface area contributed by atoms with Crippen molar-refractivity contribution in [3.8, 4) is 18.2 Å². The second-order valence-electron chi connectivity index (χ2n) is 7.53. The standard InChI is InChI=1S/C19H23N5O2S/c1-18(2)13(9-20)16(26)23-17(14(18)10-21)27-11-15(25)24-19(12-22)7-5-3-4-6-8-19/h13H,3-8,11H2,1-2H3,(H,23,26)(H,24,25). The molecule has 1 fully saturated rings. The highest BCUT2D eigenvalue weighted by Gasteiger charge is 2.44. The number of rotatable bonds is 4. The van der Waals surface area contributed by atoms with Crippen LogP contribution >= 0.6 is 11.8 Å². The number of amides is 2. The molecule has 2 N–H and O–H groups in total. The highest BCUT2D eigenvalue weighted by Crippen LogP contribution is 2.41. The van der Waals surface area contributed by atoms with Gasteiger partial charge in [-0.3, -0.25) is 9.59 Å². The number of hydrogen-bond donors (Lipinski definition) is 2. The van der Waals surface area contributed by atoms with E-state index in [4.69, 9.17) is 0 Å². The predicted molar refractivity (Wildman–Crippen MR) is 100 cm³/mol. The molecule has 142 valence electrons. The van der Waals surface area contributed by atoms with Crippen molar-refractivity contribution in [1.29, 1.82) is 15.8 Å². The lowest BCUT2D eigenvalue weighted by Gasteiger charge is -2.34. The van der Waals surface area contributed by atoms with E-state index >= 15 is 0 Å². The van der Waals surface area contributed by atoms with Crippen molar-refractivity contribution in [3.63, 3.8) is 0 Å². The van der Waals surface area contributed by atoms with Gasteiger partial charge in [-0.15, -0.1) is 0 Å². The van der Waals surface area contributed by atoms with E-state index in [9.17, 15) is 25.4 Å². The first-order valence-electron chi connectivity index (χ1n) is 9.00. The zero-order valence-corrected chi connectivity index (χ0v) is 16.4. The summed E-state index contributed by atoms with van der Waals surface area (Å²) in [5.41, 5.74) is -1.47. The quantitative estimate of drug-likeness (QED) is 0.715. The molecule has 0 bridgehead atoms. The Bertz CT molecular complexity index is 773. The van der Waals surface area contributed by atoms with E-state index in [-0.39, 0.29) is 17.2 Å². The molecule has 0 aromatic carbocycles. The molecule has 1 saturated carbocycles. The molecule has 2 amide bonds. The molecule has 8 heteroatoms. The number of thioether (sulfide) groups is 1. The Morgan fingerprint density at radius 1 is 1.22 bits per heavy atom. The van der Waals surface area contributed by atoms with E-state index in [1.807, 2.05) is 6.07 Å². The Morgan fingerprint density at radius 3 is 2.37 bits per heavy atom. The molecule has 0 radical (unpaired) electrons. The number of allylic oxidation sites excluding steroid dienone is 1. The third kappa shape index (κ3) is 4.43. The molecular formula is C19H23N5O2S. The molecule has 2 aliphatic rings. The van der Waals surface area contributed by atoms with Crippen LogP contribution in [0.1, 0.15) is 52.4 Å². The van der Waals surface area contributed by atoms with Gasteiger partial charge in [0.2, 0.25) is 11.8 Å². The minimum Gasteiger partial charge on any atom is -0.337 e. The van der Waals surface area contributed by atoms with Crippen molar-refractivity contribution in [2.75, 3.05) is 5.75 Å². The third-order valence-corrected chi connectivity index (χ3v) is 6.23. The summed E-state index contributed by atoms with van der Waals surface area (Å²) in [6.07, 6.45) is 5.22. The molecule has 0 spiro atoms. The topological polar surface area (TPSA) is 130 Å². The summed E-state index contributed by atoms with van der Waals surface area (Å²) in [4.78, 5) is 24.6. The molecule has 1 aliphatic heterocycles. The summed E-state index contributed by atoms with van der Waals surface area (Å²) in [5.74, 6) is -1.75. The zero-order valence-electron chi connectivity index (χ0n) is 15.6. The monoisotopic (exact) mass is 385 g/mol. The second kappa shape index (κ2) is 8.46. The van der Waals surface area contributed by atoms with Crippen LogP contribution in [0.4, 0.5) is 0 Å². The molecule has 1 unspecified atom stereocenters. The van der Waals surface area contributed by atoms with Gasteiger partial charge in [0.05, 0.1) is 34.6 Å². The molecule has 7 nitrogen and oxygen atoms in total. The Kier molecular flexibility index (Phi) is 6.52. The van der Waals surface area contributed by atoms with Crippen LogP contribution in [0.2, 0.25) is 0 Å². The lowest BCUT2D eigenvalue weighted by molar-refractivity contribution is -0.125. The van der Waals surface area contributed by atoms with Crippen LogP contribution in [0, 0.1) is 45.3 Å². The Morgan fingerprint density at radius 2 is 1.85 bits per heavy atom. The average molecular weight is 385 g/mol. The minimum absolute atomic E-state index is 0.0163. The summed E-state index contributed by atoms with van der Waals surface area (Å²) in [5, 5.41) is 34.0. The Labute approximate surface area is 163 Å². The number of nitrogens with zero attached hydrogens (tertiary/aromatic N) is 3. The number of carbonyl (C=O) groups excluding carboxylic acids is 2. The lowest BCUT2D eigenvalue weighted by atomic mass is 9.72. The molecule has 2 rings (SSSR count). The van der Waals surface area contributed by atoms with Gasteiger partial charge in [-0.2, -0.15) is 15.8 Å². The highest BCUT2D eigenvalue weighted by molar-refractivity contribution is 8.03. The van der Waals surface area contributed by atoms with Gasteiger partial charge in [0.15, 0.2) is 0 Å². The van der Waals surface area contributed by atoms with E-state index in [1.165, 1.54) is 0 Å². The van der Waals surface area contributed by atoms with E-state index in [1.54, 1.807) is 13.8 Å². The average Bonchev–Trinajstić information content (AvgIpc) is 2.85. The van der Waals surface area contributed by atoms with Crippen LogP contribution in [-0.2, 0) is 9.59 Å². The second-order valence-corrected chi connectivity index (χ2v) is 8.52. The van der Waals surface area contributed by atoms with Crippen molar-refractivity contribution in [1.82, 2.24) is 10.6 Å². The smallest absolute Gasteiger partial charge is 0.243 e. The molecule has 1 atom stereocenters. The van der Waals surface area contributed by atoms with Gasteiger partial charge in [0, 0.05) is 5.41 Å². The first-order valence-corrected chi connectivity index (χ1v) is 9.98. The minimum atomic E-state index is -0.960.